The predicted molar refractivity (Wildman–Crippen MR) is 92.4 cm³/mol. The first-order chi connectivity index (χ1) is 10.1. The minimum Gasteiger partial charge on any atom is -0.385 e. The highest BCUT2D eigenvalue weighted by atomic mass is 32.2. The van der Waals surface area contributed by atoms with Crippen molar-refractivity contribution in [2.24, 2.45) is 0 Å². The SMILES string of the molecule is CCNc1ccc(C)cc1C(=O)NC1CCCC(SC)C1. The second-order valence-electron chi connectivity index (χ2n) is 5.77. The monoisotopic (exact) mass is 306 g/mol. The van der Waals surface area contributed by atoms with Crippen molar-refractivity contribution < 1.29 is 4.79 Å². The fourth-order valence-electron chi connectivity index (χ4n) is 2.94. The Morgan fingerprint density at radius 2 is 2.19 bits per heavy atom. The largest absolute Gasteiger partial charge is 0.385 e. The van der Waals surface area contributed by atoms with Gasteiger partial charge in [-0.05, 0) is 51.5 Å². The molecule has 0 aliphatic heterocycles. The molecule has 1 aromatic carbocycles. The second-order valence-corrected chi connectivity index (χ2v) is 6.91. The summed E-state index contributed by atoms with van der Waals surface area (Å²) >= 11 is 1.92. The van der Waals surface area contributed by atoms with Gasteiger partial charge in [0.15, 0.2) is 0 Å². The maximum Gasteiger partial charge on any atom is 0.253 e. The maximum atomic E-state index is 12.6. The van der Waals surface area contributed by atoms with E-state index in [-0.39, 0.29) is 5.91 Å². The molecular formula is C17H26N2OS. The lowest BCUT2D eigenvalue weighted by atomic mass is 9.94. The molecule has 116 valence electrons. The highest BCUT2D eigenvalue weighted by molar-refractivity contribution is 7.99. The van der Waals surface area contributed by atoms with Crippen LogP contribution in [0.5, 0.6) is 0 Å². The number of thioether (sulfide) groups is 1. The number of rotatable bonds is 5. The number of hydrogen-bond donors (Lipinski definition) is 2. The highest BCUT2D eigenvalue weighted by Gasteiger charge is 2.23. The van der Waals surface area contributed by atoms with Gasteiger partial charge in [-0.1, -0.05) is 18.1 Å². The van der Waals surface area contributed by atoms with E-state index in [2.05, 4.69) is 16.9 Å². The van der Waals surface area contributed by atoms with Crippen LogP contribution in [0.4, 0.5) is 5.69 Å². The quantitative estimate of drug-likeness (QED) is 0.868. The Bertz CT molecular complexity index is 490. The van der Waals surface area contributed by atoms with E-state index in [1.807, 2.05) is 43.8 Å². The van der Waals surface area contributed by atoms with Crippen LogP contribution in [0.2, 0.25) is 0 Å². The minimum absolute atomic E-state index is 0.0569. The molecule has 1 aromatic rings. The first kappa shape index (κ1) is 16.2. The average Bonchev–Trinajstić information content (AvgIpc) is 2.49. The topological polar surface area (TPSA) is 41.1 Å². The van der Waals surface area contributed by atoms with Crippen molar-refractivity contribution in [2.75, 3.05) is 18.1 Å². The first-order valence-corrected chi connectivity index (χ1v) is 9.11. The molecule has 1 fully saturated rings. The minimum atomic E-state index is 0.0569. The van der Waals surface area contributed by atoms with Crippen molar-refractivity contribution in [3.63, 3.8) is 0 Å². The van der Waals surface area contributed by atoms with Gasteiger partial charge in [0.2, 0.25) is 0 Å². The Labute approximate surface area is 132 Å². The number of nitrogens with one attached hydrogen (secondary N) is 2. The molecule has 0 spiro atoms. The van der Waals surface area contributed by atoms with E-state index in [1.54, 1.807) is 0 Å². The van der Waals surface area contributed by atoms with Crippen LogP contribution in [0, 0.1) is 6.92 Å². The number of carbonyl (C=O) groups excluding carboxylic acids is 1. The van der Waals surface area contributed by atoms with Gasteiger partial charge in [-0.25, -0.2) is 0 Å². The second kappa shape index (κ2) is 7.74. The molecule has 0 bridgehead atoms. The van der Waals surface area contributed by atoms with Gasteiger partial charge in [-0.15, -0.1) is 0 Å². The molecule has 2 N–H and O–H groups in total. The summed E-state index contributed by atoms with van der Waals surface area (Å²) in [7, 11) is 0. The lowest BCUT2D eigenvalue weighted by molar-refractivity contribution is 0.0929. The standard InChI is InChI=1S/C17H26N2OS/c1-4-18-16-9-8-12(2)10-15(16)17(20)19-13-6-5-7-14(11-13)21-3/h8-10,13-14,18H,4-7,11H2,1-3H3,(H,19,20). The average molecular weight is 306 g/mol. The fourth-order valence-corrected chi connectivity index (χ4v) is 3.77. The first-order valence-electron chi connectivity index (χ1n) is 7.82. The van der Waals surface area contributed by atoms with Crippen molar-refractivity contribution in [3.8, 4) is 0 Å². The van der Waals surface area contributed by atoms with Crippen LogP contribution < -0.4 is 10.6 Å². The third-order valence-corrected chi connectivity index (χ3v) is 5.18. The van der Waals surface area contributed by atoms with Crippen LogP contribution >= 0.6 is 11.8 Å². The molecule has 2 rings (SSSR count). The Hall–Kier alpha value is -1.16. The van der Waals surface area contributed by atoms with E-state index in [0.29, 0.717) is 11.3 Å². The fraction of sp³-hybridized carbons (Fsp3) is 0.588. The Morgan fingerprint density at radius 3 is 2.90 bits per heavy atom. The van der Waals surface area contributed by atoms with Crippen molar-refractivity contribution in [1.82, 2.24) is 5.32 Å². The van der Waals surface area contributed by atoms with Gasteiger partial charge < -0.3 is 10.6 Å². The van der Waals surface area contributed by atoms with Gasteiger partial charge in [0.1, 0.15) is 0 Å². The third kappa shape index (κ3) is 4.40. The summed E-state index contributed by atoms with van der Waals surface area (Å²) in [5.41, 5.74) is 2.81. The summed E-state index contributed by atoms with van der Waals surface area (Å²) in [5, 5.41) is 7.20. The van der Waals surface area contributed by atoms with E-state index < -0.39 is 0 Å². The number of amides is 1. The van der Waals surface area contributed by atoms with Gasteiger partial charge in [0.25, 0.3) is 5.91 Å². The molecule has 1 saturated carbocycles. The van der Waals surface area contributed by atoms with Crippen molar-refractivity contribution in [1.29, 1.82) is 0 Å². The molecular weight excluding hydrogens is 280 g/mol. The smallest absolute Gasteiger partial charge is 0.253 e. The van der Waals surface area contributed by atoms with E-state index in [4.69, 9.17) is 0 Å². The summed E-state index contributed by atoms with van der Waals surface area (Å²) in [5.74, 6) is 0.0569. The predicted octanol–water partition coefficient (Wildman–Crippen LogP) is 3.83. The number of hydrogen-bond acceptors (Lipinski definition) is 3. The van der Waals surface area contributed by atoms with Crippen molar-refractivity contribution in [3.05, 3.63) is 29.3 Å². The summed E-state index contributed by atoms with van der Waals surface area (Å²) in [6.07, 6.45) is 6.85. The summed E-state index contributed by atoms with van der Waals surface area (Å²) in [6, 6.07) is 6.33. The highest BCUT2D eigenvalue weighted by Crippen LogP contribution is 2.27. The maximum absolute atomic E-state index is 12.6. The Balaban J connectivity index is 2.07. The molecule has 0 heterocycles. The van der Waals surface area contributed by atoms with Crippen LogP contribution in [0.1, 0.15) is 48.5 Å². The van der Waals surface area contributed by atoms with Gasteiger partial charge in [0.05, 0.1) is 5.56 Å². The van der Waals surface area contributed by atoms with Crippen LogP contribution in [-0.4, -0.2) is 30.0 Å². The van der Waals surface area contributed by atoms with Gasteiger partial charge in [-0.2, -0.15) is 11.8 Å². The molecule has 1 aliphatic carbocycles. The molecule has 0 saturated heterocycles. The van der Waals surface area contributed by atoms with Gasteiger partial charge >= 0.3 is 0 Å². The lowest BCUT2D eigenvalue weighted by Gasteiger charge is -2.29. The van der Waals surface area contributed by atoms with Crippen LogP contribution in [0.15, 0.2) is 18.2 Å². The van der Waals surface area contributed by atoms with Gasteiger partial charge in [0, 0.05) is 23.5 Å². The normalized spacial score (nSPS) is 21.9. The molecule has 2 atom stereocenters. The molecule has 3 nitrogen and oxygen atoms in total. The zero-order valence-electron chi connectivity index (χ0n) is 13.2. The number of aryl methyl sites for hydroxylation is 1. The number of carbonyl (C=O) groups is 1. The van der Waals surface area contributed by atoms with Crippen molar-refractivity contribution >= 4 is 23.4 Å². The van der Waals surface area contributed by atoms with Gasteiger partial charge in [-0.3, -0.25) is 4.79 Å². The van der Waals surface area contributed by atoms with E-state index >= 15 is 0 Å². The third-order valence-electron chi connectivity index (χ3n) is 4.08. The molecule has 2 unspecified atom stereocenters. The van der Waals surface area contributed by atoms with Crippen molar-refractivity contribution in [2.45, 2.75) is 50.8 Å². The number of anilines is 1. The summed E-state index contributed by atoms with van der Waals surface area (Å²) < 4.78 is 0. The zero-order valence-corrected chi connectivity index (χ0v) is 14.1. The molecule has 21 heavy (non-hydrogen) atoms. The van der Waals surface area contributed by atoms with Crippen LogP contribution in [0.25, 0.3) is 0 Å². The molecule has 0 radical (unpaired) electrons. The lowest BCUT2D eigenvalue weighted by Crippen LogP contribution is -2.39. The van der Waals surface area contributed by atoms with Crippen LogP contribution in [0.3, 0.4) is 0 Å². The van der Waals surface area contributed by atoms with E-state index in [1.165, 1.54) is 12.8 Å². The summed E-state index contributed by atoms with van der Waals surface area (Å²) in [6.45, 7) is 4.89. The Morgan fingerprint density at radius 1 is 1.38 bits per heavy atom. The molecule has 4 heteroatoms. The molecule has 1 amide bonds. The Kier molecular flexibility index (Phi) is 5.97. The number of benzene rings is 1. The molecule has 0 aromatic heterocycles. The summed E-state index contributed by atoms with van der Waals surface area (Å²) in [4.78, 5) is 12.6. The zero-order chi connectivity index (χ0) is 15.2. The van der Waals surface area contributed by atoms with E-state index in [9.17, 15) is 4.79 Å². The van der Waals surface area contributed by atoms with E-state index in [0.717, 1.165) is 36.2 Å². The molecule has 1 aliphatic rings. The van der Waals surface area contributed by atoms with Crippen LogP contribution in [-0.2, 0) is 0 Å².